The van der Waals surface area contributed by atoms with Crippen LogP contribution in [0.1, 0.15) is 43.2 Å². The second-order valence-corrected chi connectivity index (χ2v) is 10.4. The Morgan fingerprint density at radius 3 is 2.18 bits per heavy atom. The molecule has 0 spiro atoms. The van der Waals surface area contributed by atoms with E-state index in [0.717, 1.165) is 16.0 Å². The Morgan fingerprint density at radius 1 is 1.00 bits per heavy atom. The Hall–Kier alpha value is -2.96. The van der Waals surface area contributed by atoms with Crippen LogP contribution in [-0.2, 0) is 17.6 Å². The van der Waals surface area contributed by atoms with Crippen LogP contribution in [0.15, 0.2) is 83.2 Å². The molecule has 3 aromatic rings. The Balaban J connectivity index is 1.77. The number of alkyl carbamates (subject to hydrolysis) is 1. The number of aliphatic hydroxyl groups excluding tert-OH is 1. The van der Waals surface area contributed by atoms with Crippen molar-refractivity contribution in [3.05, 3.63) is 94.2 Å². The van der Waals surface area contributed by atoms with Crippen molar-refractivity contribution in [1.82, 2.24) is 5.32 Å². The molecule has 180 valence electrons. The van der Waals surface area contributed by atoms with Gasteiger partial charge < -0.3 is 15.2 Å². The average Bonchev–Trinajstić information content (AvgIpc) is 3.31. The predicted molar refractivity (Wildman–Crippen MR) is 140 cm³/mol. The Labute approximate surface area is 206 Å². The molecule has 1 aromatic heterocycles. The molecule has 34 heavy (non-hydrogen) atoms. The zero-order valence-corrected chi connectivity index (χ0v) is 20.9. The molecule has 0 saturated heterocycles. The number of nitrogens with zero attached hydrogens (tertiary/aromatic N) is 1. The molecule has 0 radical (unpaired) electrons. The van der Waals surface area contributed by atoms with Gasteiger partial charge in [-0.15, -0.1) is 11.3 Å². The first-order valence-corrected chi connectivity index (χ1v) is 12.5. The first-order valence-electron chi connectivity index (χ1n) is 11.6. The number of ether oxygens (including phenoxy) is 1. The standard InChI is InChI=1S/C28H34N2O3S/c1-28(2,3)33-27(32)30-25(18-22-13-8-5-9-14-22)26(31)19-23(17-21-11-6-4-7-12-21)29-20-24-15-10-16-34-24/h4-16,20,23,25-26,31H,17-19H2,1-3H3,(H,30,32)/t23-,25-,26+/m0/s1. The monoisotopic (exact) mass is 478 g/mol. The molecule has 2 aromatic carbocycles. The smallest absolute Gasteiger partial charge is 0.407 e. The van der Waals surface area contributed by atoms with Crippen molar-refractivity contribution in [2.75, 3.05) is 0 Å². The number of amides is 1. The number of aliphatic imine (C=N–C) groups is 1. The van der Waals surface area contributed by atoms with E-state index in [4.69, 9.17) is 9.73 Å². The van der Waals surface area contributed by atoms with E-state index in [0.29, 0.717) is 19.3 Å². The van der Waals surface area contributed by atoms with Crippen LogP contribution in [0.5, 0.6) is 0 Å². The van der Waals surface area contributed by atoms with Crippen molar-refractivity contribution in [2.24, 2.45) is 4.99 Å². The van der Waals surface area contributed by atoms with Crippen LogP contribution in [0, 0.1) is 0 Å². The molecule has 0 saturated carbocycles. The summed E-state index contributed by atoms with van der Waals surface area (Å²) in [4.78, 5) is 18.4. The number of hydrogen-bond acceptors (Lipinski definition) is 5. The van der Waals surface area contributed by atoms with Crippen LogP contribution >= 0.6 is 11.3 Å². The summed E-state index contributed by atoms with van der Waals surface area (Å²) in [5, 5.41) is 16.2. The van der Waals surface area contributed by atoms with Crippen molar-refractivity contribution in [3.8, 4) is 0 Å². The van der Waals surface area contributed by atoms with E-state index in [2.05, 4.69) is 17.4 Å². The summed E-state index contributed by atoms with van der Waals surface area (Å²) < 4.78 is 5.46. The van der Waals surface area contributed by atoms with Crippen LogP contribution < -0.4 is 5.32 Å². The van der Waals surface area contributed by atoms with Gasteiger partial charge in [0.05, 0.1) is 18.2 Å². The van der Waals surface area contributed by atoms with Gasteiger partial charge in [-0.3, -0.25) is 4.99 Å². The third kappa shape index (κ3) is 9.12. The number of benzene rings is 2. The molecule has 0 bridgehead atoms. The van der Waals surface area contributed by atoms with Gasteiger partial charge >= 0.3 is 6.09 Å². The zero-order valence-electron chi connectivity index (χ0n) is 20.1. The van der Waals surface area contributed by atoms with Crippen molar-refractivity contribution in [2.45, 2.75) is 63.8 Å². The van der Waals surface area contributed by atoms with E-state index < -0.39 is 23.8 Å². The highest BCUT2D eigenvalue weighted by Crippen LogP contribution is 2.17. The highest BCUT2D eigenvalue weighted by atomic mass is 32.1. The van der Waals surface area contributed by atoms with Crippen LogP contribution in [-0.4, -0.2) is 41.2 Å². The van der Waals surface area contributed by atoms with Gasteiger partial charge in [0.25, 0.3) is 0 Å². The second kappa shape index (κ2) is 12.5. The van der Waals surface area contributed by atoms with E-state index in [1.165, 1.54) is 0 Å². The number of aliphatic hydroxyl groups is 1. The lowest BCUT2D eigenvalue weighted by Gasteiger charge is -2.28. The minimum Gasteiger partial charge on any atom is -0.444 e. The largest absolute Gasteiger partial charge is 0.444 e. The molecule has 0 aliphatic heterocycles. The van der Waals surface area contributed by atoms with E-state index in [1.54, 1.807) is 11.3 Å². The fourth-order valence-electron chi connectivity index (χ4n) is 3.68. The maximum absolute atomic E-state index is 12.5. The Bertz CT molecular complexity index is 1010. The Morgan fingerprint density at radius 2 is 1.62 bits per heavy atom. The summed E-state index contributed by atoms with van der Waals surface area (Å²) >= 11 is 1.63. The third-order valence-corrected chi connectivity index (χ3v) is 6.06. The van der Waals surface area contributed by atoms with Gasteiger partial charge in [-0.05, 0) is 62.6 Å². The lowest BCUT2D eigenvalue weighted by atomic mass is 9.94. The Kier molecular flexibility index (Phi) is 9.42. The quantitative estimate of drug-likeness (QED) is 0.369. The molecule has 0 unspecified atom stereocenters. The van der Waals surface area contributed by atoms with Gasteiger partial charge in [0.2, 0.25) is 0 Å². The SMILES string of the molecule is CC(C)(C)OC(=O)N[C@@H](Cc1ccccc1)[C@H](O)C[C@H](Cc1ccccc1)N=Cc1cccs1. The zero-order chi connectivity index (χ0) is 24.4. The normalized spacial score (nSPS) is 14.5. The summed E-state index contributed by atoms with van der Waals surface area (Å²) in [6, 6.07) is 23.4. The molecule has 1 heterocycles. The summed E-state index contributed by atoms with van der Waals surface area (Å²) in [7, 11) is 0. The highest BCUT2D eigenvalue weighted by Gasteiger charge is 2.27. The molecule has 2 N–H and O–H groups in total. The van der Waals surface area contributed by atoms with E-state index >= 15 is 0 Å². The second-order valence-electron chi connectivity index (χ2n) is 9.38. The van der Waals surface area contributed by atoms with E-state index in [-0.39, 0.29) is 6.04 Å². The van der Waals surface area contributed by atoms with Crippen molar-refractivity contribution >= 4 is 23.6 Å². The number of carbonyl (C=O) groups excluding carboxylic acids is 1. The fraction of sp³-hybridized carbons (Fsp3) is 0.357. The molecule has 6 heteroatoms. The summed E-state index contributed by atoms with van der Waals surface area (Å²) in [6.45, 7) is 5.47. The number of thiophene rings is 1. The minimum atomic E-state index is -0.804. The summed E-state index contributed by atoms with van der Waals surface area (Å²) in [5.41, 5.74) is 1.57. The maximum Gasteiger partial charge on any atom is 0.407 e. The van der Waals surface area contributed by atoms with Gasteiger partial charge in [-0.25, -0.2) is 4.79 Å². The van der Waals surface area contributed by atoms with Crippen molar-refractivity contribution < 1.29 is 14.6 Å². The van der Waals surface area contributed by atoms with E-state index in [1.807, 2.05) is 93.0 Å². The van der Waals surface area contributed by atoms with Crippen LogP contribution in [0.25, 0.3) is 0 Å². The molecule has 0 fully saturated rings. The van der Waals surface area contributed by atoms with Gasteiger partial charge in [-0.2, -0.15) is 0 Å². The molecule has 0 aliphatic rings. The first kappa shape index (κ1) is 25.7. The topological polar surface area (TPSA) is 70.9 Å². The first-order chi connectivity index (χ1) is 16.3. The minimum absolute atomic E-state index is 0.141. The number of carbonyl (C=O) groups is 1. The molecular weight excluding hydrogens is 444 g/mol. The molecule has 5 nitrogen and oxygen atoms in total. The lowest BCUT2D eigenvalue weighted by molar-refractivity contribution is 0.0406. The maximum atomic E-state index is 12.5. The number of nitrogens with one attached hydrogen (secondary N) is 1. The molecule has 1 amide bonds. The lowest BCUT2D eigenvalue weighted by Crippen LogP contribution is -2.47. The molecule has 0 aliphatic carbocycles. The molecule has 3 atom stereocenters. The van der Waals surface area contributed by atoms with Crippen molar-refractivity contribution in [1.29, 1.82) is 0 Å². The summed E-state index contributed by atoms with van der Waals surface area (Å²) in [6.07, 6.45) is 2.14. The van der Waals surface area contributed by atoms with E-state index in [9.17, 15) is 9.90 Å². The van der Waals surface area contributed by atoms with Crippen LogP contribution in [0.2, 0.25) is 0 Å². The van der Waals surface area contributed by atoms with Crippen LogP contribution in [0.4, 0.5) is 4.79 Å². The number of rotatable bonds is 10. The van der Waals surface area contributed by atoms with Gasteiger partial charge in [0, 0.05) is 11.1 Å². The van der Waals surface area contributed by atoms with Gasteiger partial charge in [-0.1, -0.05) is 66.7 Å². The molecule has 3 rings (SSSR count). The van der Waals surface area contributed by atoms with Gasteiger partial charge in [0.15, 0.2) is 0 Å². The van der Waals surface area contributed by atoms with Crippen LogP contribution in [0.3, 0.4) is 0 Å². The fourth-order valence-corrected chi connectivity index (χ4v) is 4.27. The predicted octanol–water partition coefficient (Wildman–Crippen LogP) is 5.67. The summed E-state index contributed by atoms with van der Waals surface area (Å²) in [5.74, 6) is 0. The molecular formula is C28H34N2O3S. The highest BCUT2D eigenvalue weighted by molar-refractivity contribution is 7.11. The van der Waals surface area contributed by atoms with Gasteiger partial charge in [0.1, 0.15) is 5.60 Å². The third-order valence-electron chi connectivity index (χ3n) is 5.25. The van der Waals surface area contributed by atoms with Crippen molar-refractivity contribution in [3.63, 3.8) is 0 Å². The average molecular weight is 479 g/mol. The number of hydrogen-bond donors (Lipinski definition) is 2.